The van der Waals surface area contributed by atoms with Gasteiger partial charge in [-0.2, -0.15) is 5.10 Å². The Morgan fingerprint density at radius 3 is 2.68 bits per heavy atom. The Kier molecular flexibility index (Phi) is 4.27. The molecule has 2 aromatic rings. The fraction of sp³-hybridized carbons (Fsp3) is 0.471. The lowest BCUT2D eigenvalue weighted by atomic mass is 10.0. The summed E-state index contributed by atoms with van der Waals surface area (Å²) in [6.45, 7) is 5.57. The maximum absolute atomic E-state index is 13.1. The van der Waals surface area contributed by atoms with Gasteiger partial charge in [-0.25, -0.2) is 4.39 Å². The van der Waals surface area contributed by atoms with Crippen molar-refractivity contribution in [3.63, 3.8) is 0 Å². The molecule has 0 amide bonds. The van der Waals surface area contributed by atoms with Crippen LogP contribution in [0.3, 0.4) is 0 Å². The van der Waals surface area contributed by atoms with Crippen LogP contribution in [0, 0.1) is 5.82 Å². The van der Waals surface area contributed by atoms with E-state index in [1.54, 1.807) is 0 Å². The quantitative estimate of drug-likeness (QED) is 0.944. The third-order valence-corrected chi connectivity index (χ3v) is 4.21. The molecule has 0 radical (unpaired) electrons. The van der Waals surface area contributed by atoms with Crippen LogP contribution in [0.4, 0.5) is 4.39 Å². The molecule has 0 saturated carbocycles. The predicted octanol–water partition coefficient (Wildman–Crippen LogP) is 2.91. The van der Waals surface area contributed by atoms with E-state index in [4.69, 9.17) is 0 Å². The van der Waals surface area contributed by atoms with E-state index < -0.39 is 0 Å². The number of likely N-dealkylation sites (tertiary alicyclic amines) is 1. The third-order valence-electron chi connectivity index (χ3n) is 4.21. The molecule has 1 saturated heterocycles. The van der Waals surface area contributed by atoms with Gasteiger partial charge >= 0.3 is 0 Å². The molecule has 1 aliphatic heterocycles. The number of aromatic nitrogens is 2. The van der Waals surface area contributed by atoms with Crippen LogP contribution in [-0.4, -0.2) is 32.4 Å². The van der Waals surface area contributed by atoms with E-state index >= 15 is 0 Å². The summed E-state index contributed by atoms with van der Waals surface area (Å²) in [4.78, 5) is 2.24. The van der Waals surface area contributed by atoms with Crippen LogP contribution in [0.2, 0.25) is 0 Å². The molecule has 0 spiro atoms. The Hall–Kier alpha value is -1.72. The van der Waals surface area contributed by atoms with Crippen molar-refractivity contribution in [2.75, 3.05) is 6.54 Å². The Morgan fingerprint density at radius 1 is 1.32 bits per heavy atom. The lowest BCUT2D eigenvalue weighted by molar-refractivity contribution is 0.172. The van der Waals surface area contributed by atoms with Gasteiger partial charge in [0.2, 0.25) is 0 Å². The van der Waals surface area contributed by atoms with Crippen LogP contribution < -0.4 is 0 Å². The number of aliphatic hydroxyl groups is 1. The van der Waals surface area contributed by atoms with Crippen molar-refractivity contribution in [1.82, 2.24) is 14.7 Å². The van der Waals surface area contributed by atoms with Gasteiger partial charge in [-0.05, 0) is 38.0 Å². The van der Waals surface area contributed by atoms with Crippen LogP contribution in [0.5, 0.6) is 0 Å². The van der Waals surface area contributed by atoms with Gasteiger partial charge in [0, 0.05) is 36.9 Å². The van der Waals surface area contributed by atoms with Crippen molar-refractivity contribution < 1.29 is 9.50 Å². The first-order valence-electron chi connectivity index (χ1n) is 7.73. The second-order valence-electron chi connectivity index (χ2n) is 6.31. The first kappa shape index (κ1) is 15.2. The molecule has 4 nitrogen and oxygen atoms in total. The largest absolute Gasteiger partial charge is 0.392 e. The molecular weight excluding hydrogens is 281 g/mol. The summed E-state index contributed by atoms with van der Waals surface area (Å²) in [5.74, 6) is -0.230. The van der Waals surface area contributed by atoms with Crippen molar-refractivity contribution in [3.8, 4) is 0 Å². The summed E-state index contributed by atoms with van der Waals surface area (Å²) in [6, 6.07) is 7.04. The number of nitrogens with zero attached hydrogens (tertiary/aromatic N) is 3. The second kappa shape index (κ2) is 6.18. The molecule has 0 aliphatic carbocycles. The molecule has 1 fully saturated rings. The van der Waals surface area contributed by atoms with Gasteiger partial charge in [0.05, 0.1) is 12.3 Å². The second-order valence-corrected chi connectivity index (χ2v) is 6.31. The summed E-state index contributed by atoms with van der Waals surface area (Å²) in [6.07, 6.45) is 4.28. The molecule has 0 bridgehead atoms. The SMILES string of the molecule is CC(C)n1cc(CN2C[C@H](O)C[C@@H]2c2ccc(F)cc2)cn1. The molecule has 1 aromatic heterocycles. The summed E-state index contributed by atoms with van der Waals surface area (Å²) in [5, 5.41) is 14.4. The highest BCUT2D eigenvalue weighted by molar-refractivity contribution is 5.22. The fourth-order valence-corrected chi connectivity index (χ4v) is 3.06. The van der Waals surface area contributed by atoms with Crippen molar-refractivity contribution in [1.29, 1.82) is 0 Å². The summed E-state index contributed by atoms with van der Waals surface area (Å²) in [7, 11) is 0. The Bertz CT molecular complexity index is 623. The van der Waals surface area contributed by atoms with E-state index in [0.29, 0.717) is 19.0 Å². The third kappa shape index (κ3) is 3.20. The zero-order chi connectivity index (χ0) is 15.7. The van der Waals surface area contributed by atoms with Gasteiger partial charge in [-0.15, -0.1) is 0 Å². The van der Waals surface area contributed by atoms with Crippen molar-refractivity contribution in [3.05, 3.63) is 53.6 Å². The molecule has 0 unspecified atom stereocenters. The van der Waals surface area contributed by atoms with Crippen LogP contribution in [0.1, 0.15) is 43.5 Å². The van der Waals surface area contributed by atoms with Crippen LogP contribution in [-0.2, 0) is 6.54 Å². The minimum absolute atomic E-state index is 0.123. The van der Waals surface area contributed by atoms with Gasteiger partial charge in [-0.3, -0.25) is 9.58 Å². The van der Waals surface area contributed by atoms with Gasteiger partial charge < -0.3 is 5.11 Å². The maximum Gasteiger partial charge on any atom is 0.123 e. The van der Waals surface area contributed by atoms with Crippen molar-refractivity contribution in [2.24, 2.45) is 0 Å². The number of hydrogen-bond acceptors (Lipinski definition) is 3. The molecule has 1 aliphatic rings. The standard InChI is InChI=1S/C17H22FN3O/c1-12(2)21-10-13(8-19-21)9-20-11-16(22)7-17(20)14-3-5-15(18)6-4-14/h3-6,8,10,12,16-17,22H,7,9,11H2,1-2H3/t16-,17-/m1/s1. The molecule has 22 heavy (non-hydrogen) atoms. The van der Waals surface area contributed by atoms with Gasteiger partial charge in [0.25, 0.3) is 0 Å². The first-order valence-corrected chi connectivity index (χ1v) is 7.73. The molecule has 2 atom stereocenters. The normalized spacial score (nSPS) is 22.6. The molecule has 118 valence electrons. The average Bonchev–Trinajstić information content (AvgIpc) is 3.07. The van der Waals surface area contributed by atoms with Gasteiger partial charge in [0.15, 0.2) is 0 Å². The summed E-state index contributed by atoms with van der Waals surface area (Å²) < 4.78 is 15.0. The number of rotatable bonds is 4. The molecule has 2 heterocycles. The predicted molar refractivity (Wildman–Crippen MR) is 82.8 cm³/mol. The lowest BCUT2D eigenvalue weighted by Gasteiger charge is -2.23. The topological polar surface area (TPSA) is 41.3 Å². The van der Waals surface area contributed by atoms with E-state index in [0.717, 1.165) is 17.7 Å². The minimum Gasteiger partial charge on any atom is -0.392 e. The van der Waals surface area contributed by atoms with E-state index in [2.05, 4.69) is 30.0 Å². The zero-order valence-corrected chi connectivity index (χ0v) is 13.0. The number of hydrogen-bond donors (Lipinski definition) is 1. The van der Waals surface area contributed by atoms with Crippen molar-refractivity contribution in [2.45, 2.75) is 45.0 Å². The molecule has 1 aromatic carbocycles. The molecule has 1 N–H and O–H groups in total. The Labute approximate surface area is 130 Å². The zero-order valence-electron chi connectivity index (χ0n) is 13.0. The van der Waals surface area contributed by atoms with Gasteiger partial charge in [-0.1, -0.05) is 12.1 Å². The van der Waals surface area contributed by atoms with E-state index in [1.807, 2.05) is 23.0 Å². The number of β-amino-alcohol motifs (C(OH)–C–C–N with tert-alkyl or cyclic N) is 1. The van der Waals surface area contributed by atoms with E-state index in [-0.39, 0.29) is 18.0 Å². The number of halogens is 1. The van der Waals surface area contributed by atoms with E-state index in [9.17, 15) is 9.50 Å². The fourth-order valence-electron chi connectivity index (χ4n) is 3.06. The highest BCUT2D eigenvalue weighted by Crippen LogP contribution is 2.33. The summed E-state index contributed by atoms with van der Waals surface area (Å²) >= 11 is 0. The first-order chi connectivity index (χ1) is 10.5. The average molecular weight is 303 g/mol. The lowest BCUT2D eigenvalue weighted by Crippen LogP contribution is -2.24. The smallest absolute Gasteiger partial charge is 0.123 e. The molecular formula is C17H22FN3O. The molecule has 3 rings (SSSR count). The highest BCUT2D eigenvalue weighted by Gasteiger charge is 2.32. The van der Waals surface area contributed by atoms with Crippen LogP contribution in [0.25, 0.3) is 0 Å². The summed E-state index contributed by atoms with van der Waals surface area (Å²) in [5.41, 5.74) is 2.18. The van der Waals surface area contributed by atoms with Gasteiger partial charge in [0.1, 0.15) is 5.82 Å². The Morgan fingerprint density at radius 2 is 2.05 bits per heavy atom. The van der Waals surface area contributed by atoms with E-state index in [1.165, 1.54) is 12.1 Å². The number of aliphatic hydroxyl groups excluding tert-OH is 1. The van der Waals surface area contributed by atoms with Crippen molar-refractivity contribution >= 4 is 0 Å². The monoisotopic (exact) mass is 303 g/mol. The molecule has 5 heteroatoms. The Balaban J connectivity index is 1.76. The highest BCUT2D eigenvalue weighted by atomic mass is 19.1. The van der Waals surface area contributed by atoms with Crippen LogP contribution in [0.15, 0.2) is 36.7 Å². The minimum atomic E-state index is -0.338. The number of benzene rings is 1. The maximum atomic E-state index is 13.1. The van der Waals surface area contributed by atoms with Crippen LogP contribution >= 0.6 is 0 Å².